The van der Waals surface area contributed by atoms with Crippen LogP contribution in [0.2, 0.25) is 0 Å². The van der Waals surface area contributed by atoms with Gasteiger partial charge < -0.3 is 10.2 Å². The maximum atomic E-state index is 4.56. The zero-order valence-corrected chi connectivity index (χ0v) is 13.8. The molecular weight excluding hydrogens is 282 g/mol. The second-order valence-electron chi connectivity index (χ2n) is 5.90. The first-order chi connectivity index (χ1) is 11.2. The topological polar surface area (TPSA) is 28.2 Å². The third-order valence-corrected chi connectivity index (χ3v) is 4.19. The minimum Gasteiger partial charge on any atom is -0.378 e. The standard InChI is InChI=1S/C20H23N3/c1-4-11-23(5-2)20-10-9-16(14-21-20)19-13-17-12-15(3)7-6-8-18(17)22-19/h4-5,7,9-14,18,22H,2,6,8H2,1,3H3/b11-4-. The summed E-state index contributed by atoms with van der Waals surface area (Å²) in [6.45, 7) is 7.97. The zero-order valence-electron chi connectivity index (χ0n) is 13.8. The van der Waals surface area contributed by atoms with Gasteiger partial charge in [-0.15, -0.1) is 0 Å². The number of aromatic nitrogens is 1. The smallest absolute Gasteiger partial charge is 0.136 e. The van der Waals surface area contributed by atoms with Crippen molar-refractivity contribution >= 4 is 11.5 Å². The van der Waals surface area contributed by atoms with E-state index in [1.54, 1.807) is 6.20 Å². The molecule has 3 heteroatoms. The second-order valence-corrected chi connectivity index (χ2v) is 5.90. The number of anilines is 1. The van der Waals surface area contributed by atoms with Gasteiger partial charge in [-0.3, -0.25) is 0 Å². The molecule has 1 aromatic rings. The number of rotatable bonds is 4. The highest BCUT2D eigenvalue weighted by Crippen LogP contribution is 2.29. The van der Waals surface area contributed by atoms with E-state index in [4.69, 9.17) is 0 Å². The van der Waals surface area contributed by atoms with Gasteiger partial charge in [0.25, 0.3) is 0 Å². The van der Waals surface area contributed by atoms with E-state index in [1.165, 1.54) is 11.1 Å². The highest BCUT2D eigenvalue weighted by molar-refractivity contribution is 5.72. The molecule has 1 aliphatic carbocycles. The molecule has 0 fully saturated rings. The Morgan fingerprint density at radius 3 is 2.91 bits per heavy atom. The molecule has 0 amide bonds. The number of allylic oxidation sites excluding steroid dienone is 4. The highest BCUT2D eigenvalue weighted by atomic mass is 15.1. The molecule has 0 saturated carbocycles. The Kier molecular flexibility index (Phi) is 4.47. The summed E-state index contributed by atoms with van der Waals surface area (Å²) in [4.78, 5) is 6.46. The third kappa shape index (κ3) is 3.29. The summed E-state index contributed by atoms with van der Waals surface area (Å²) < 4.78 is 0. The molecule has 3 rings (SSSR count). The summed E-state index contributed by atoms with van der Waals surface area (Å²) in [5.41, 5.74) is 5.00. The van der Waals surface area contributed by atoms with Gasteiger partial charge in [-0.25, -0.2) is 4.98 Å². The average Bonchev–Trinajstić information content (AvgIpc) is 2.87. The quantitative estimate of drug-likeness (QED) is 0.885. The zero-order chi connectivity index (χ0) is 16.2. The van der Waals surface area contributed by atoms with E-state index in [9.17, 15) is 0 Å². The predicted octanol–water partition coefficient (Wildman–Crippen LogP) is 4.54. The fourth-order valence-electron chi connectivity index (χ4n) is 3.02. The predicted molar refractivity (Wildman–Crippen MR) is 97.7 cm³/mol. The summed E-state index contributed by atoms with van der Waals surface area (Å²) in [7, 11) is 0. The van der Waals surface area contributed by atoms with Crippen molar-refractivity contribution in [3.8, 4) is 0 Å². The van der Waals surface area contributed by atoms with E-state index in [0.717, 1.165) is 29.9 Å². The minimum absolute atomic E-state index is 0.422. The molecule has 118 valence electrons. The Morgan fingerprint density at radius 2 is 2.22 bits per heavy atom. The van der Waals surface area contributed by atoms with Crippen LogP contribution in [0.4, 0.5) is 5.82 Å². The van der Waals surface area contributed by atoms with Gasteiger partial charge >= 0.3 is 0 Å². The number of hydrogen-bond donors (Lipinski definition) is 1. The van der Waals surface area contributed by atoms with Crippen LogP contribution in [0.15, 0.2) is 72.8 Å². The number of fused-ring (bicyclic) bond motifs is 1. The van der Waals surface area contributed by atoms with E-state index in [-0.39, 0.29) is 0 Å². The molecule has 1 atom stereocenters. The molecule has 1 aliphatic heterocycles. The largest absolute Gasteiger partial charge is 0.378 e. The van der Waals surface area contributed by atoms with Crippen LogP contribution >= 0.6 is 0 Å². The van der Waals surface area contributed by atoms with Crippen molar-refractivity contribution in [3.05, 3.63) is 78.3 Å². The molecule has 0 spiro atoms. The summed E-state index contributed by atoms with van der Waals surface area (Å²) in [5, 5.41) is 3.63. The Morgan fingerprint density at radius 1 is 1.35 bits per heavy atom. The number of nitrogens with one attached hydrogen (secondary N) is 1. The van der Waals surface area contributed by atoms with Gasteiger partial charge in [-0.2, -0.15) is 0 Å². The van der Waals surface area contributed by atoms with Crippen LogP contribution in [-0.4, -0.2) is 11.0 Å². The molecule has 1 unspecified atom stereocenters. The Hall–Kier alpha value is -2.55. The van der Waals surface area contributed by atoms with E-state index in [2.05, 4.69) is 48.1 Å². The SMILES string of the molecule is C=CN(/C=C\C)c1ccc(C2=CC3=CC(C)=CCCC3N2)cn1. The monoisotopic (exact) mass is 305 g/mol. The van der Waals surface area contributed by atoms with Crippen LogP contribution in [-0.2, 0) is 0 Å². The molecule has 23 heavy (non-hydrogen) atoms. The summed E-state index contributed by atoms with van der Waals surface area (Å²) in [5.74, 6) is 0.868. The molecule has 0 saturated heterocycles. The van der Waals surface area contributed by atoms with Crippen molar-refractivity contribution in [2.45, 2.75) is 32.7 Å². The average molecular weight is 305 g/mol. The second kappa shape index (κ2) is 6.69. The van der Waals surface area contributed by atoms with E-state index in [0.29, 0.717) is 6.04 Å². The van der Waals surface area contributed by atoms with Crippen LogP contribution in [0.5, 0.6) is 0 Å². The fourth-order valence-corrected chi connectivity index (χ4v) is 3.02. The van der Waals surface area contributed by atoms with E-state index in [1.807, 2.05) is 36.4 Å². The normalized spacial score (nSPS) is 20.1. The molecular formula is C20H23N3. The van der Waals surface area contributed by atoms with E-state index < -0.39 is 0 Å². The Labute approximate surface area is 138 Å². The first-order valence-electron chi connectivity index (χ1n) is 8.08. The van der Waals surface area contributed by atoms with Crippen molar-refractivity contribution in [3.63, 3.8) is 0 Å². The maximum Gasteiger partial charge on any atom is 0.136 e. The molecule has 0 aromatic carbocycles. The molecule has 2 heterocycles. The van der Waals surface area contributed by atoms with Crippen molar-refractivity contribution in [1.29, 1.82) is 0 Å². The van der Waals surface area contributed by atoms with Gasteiger partial charge in [0.2, 0.25) is 0 Å². The van der Waals surface area contributed by atoms with Crippen molar-refractivity contribution in [2.24, 2.45) is 0 Å². The fraction of sp³-hybridized carbons (Fsp3) is 0.250. The lowest BCUT2D eigenvalue weighted by Gasteiger charge is -2.15. The summed E-state index contributed by atoms with van der Waals surface area (Å²) >= 11 is 0. The number of pyridine rings is 1. The van der Waals surface area contributed by atoms with Gasteiger partial charge in [0, 0.05) is 29.9 Å². The van der Waals surface area contributed by atoms with Gasteiger partial charge in [-0.05, 0) is 50.5 Å². The van der Waals surface area contributed by atoms with Crippen LogP contribution in [0.25, 0.3) is 5.70 Å². The van der Waals surface area contributed by atoms with Crippen LogP contribution in [0.3, 0.4) is 0 Å². The van der Waals surface area contributed by atoms with Crippen molar-refractivity contribution in [2.75, 3.05) is 4.90 Å². The lowest BCUT2D eigenvalue weighted by molar-refractivity contribution is 0.659. The van der Waals surface area contributed by atoms with Gasteiger partial charge in [0.05, 0.1) is 6.04 Å². The van der Waals surface area contributed by atoms with Crippen LogP contribution < -0.4 is 10.2 Å². The highest BCUT2D eigenvalue weighted by Gasteiger charge is 2.22. The molecule has 0 bridgehead atoms. The third-order valence-electron chi connectivity index (χ3n) is 4.19. The van der Waals surface area contributed by atoms with Crippen LogP contribution in [0.1, 0.15) is 32.3 Å². The molecule has 1 N–H and O–H groups in total. The van der Waals surface area contributed by atoms with Gasteiger partial charge in [0.15, 0.2) is 0 Å². The Bertz CT molecular complexity index is 705. The summed E-state index contributed by atoms with van der Waals surface area (Å²) in [6.07, 6.45) is 16.7. The van der Waals surface area contributed by atoms with Crippen molar-refractivity contribution in [1.82, 2.24) is 10.3 Å². The Balaban J connectivity index is 1.83. The lowest BCUT2D eigenvalue weighted by Crippen LogP contribution is -2.23. The minimum atomic E-state index is 0.422. The number of hydrogen-bond acceptors (Lipinski definition) is 3. The van der Waals surface area contributed by atoms with Gasteiger partial charge in [-0.1, -0.05) is 30.4 Å². The van der Waals surface area contributed by atoms with E-state index >= 15 is 0 Å². The molecule has 0 radical (unpaired) electrons. The van der Waals surface area contributed by atoms with Crippen LogP contribution in [0, 0.1) is 0 Å². The molecule has 2 aliphatic rings. The number of nitrogens with zero attached hydrogens (tertiary/aromatic N) is 2. The van der Waals surface area contributed by atoms with Gasteiger partial charge in [0.1, 0.15) is 5.82 Å². The molecule has 3 nitrogen and oxygen atoms in total. The molecule has 1 aromatic heterocycles. The summed E-state index contributed by atoms with van der Waals surface area (Å²) in [6, 6.07) is 4.55. The first-order valence-corrected chi connectivity index (χ1v) is 8.08. The lowest BCUT2D eigenvalue weighted by atomic mass is 10.1. The van der Waals surface area contributed by atoms with Crippen molar-refractivity contribution < 1.29 is 0 Å². The first kappa shape index (κ1) is 15.3. The maximum absolute atomic E-state index is 4.56.